The number of piperidine rings is 1. The van der Waals surface area contributed by atoms with Gasteiger partial charge in [0, 0.05) is 13.1 Å². The van der Waals surface area contributed by atoms with Crippen molar-refractivity contribution >= 4 is 11.9 Å². The van der Waals surface area contributed by atoms with Crippen LogP contribution < -0.4 is 0 Å². The van der Waals surface area contributed by atoms with Crippen molar-refractivity contribution in [2.45, 2.75) is 51.6 Å². The molecule has 0 aromatic heterocycles. The lowest BCUT2D eigenvalue weighted by Crippen LogP contribution is -2.44. The SMILES string of the molecule is C[C@@H]1CCCC[C@H]1OCC(=O)N1CCC[C@H](C(=O)O)C1. The van der Waals surface area contributed by atoms with E-state index in [9.17, 15) is 9.59 Å². The molecule has 0 bridgehead atoms. The number of carboxylic acids is 1. The Balaban J connectivity index is 1.77. The quantitative estimate of drug-likeness (QED) is 0.855. The monoisotopic (exact) mass is 283 g/mol. The molecule has 0 aromatic carbocycles. The molecular formula is C15H25NO4. The minimum Gasteiger partial charge on any atom is -0.481 e. The van der Waals surface area contributed by atoms with E-state index < -0.39 is 11.9 Å². The molecule has 0 radical (unpaired) electrons. The molecule has 1 saturated heterocycles. The summed E-state index contributed by atoms with van der Waals surface area (Å²) in [6, 6.07) is 0. The lowest BCUT2D eigenvalue weighted by atomic mass is 9.88. The highest BCUT2D eigenvalue weighted by atomic mass is 16.5. The van der Waals surface area contributed by atoms with E-state index in [1.807, 2.05) is 0 Å². The second kappa shape index (κ2) is 7.07. The van der Waals surface area contributed by atoms with Crippen LogP contribution in [0.1, 0.15) is 45.4 Å². The second-order valence-corrected chi connectivity index (χ2v) is 6.13. The molecule has 3 atom stereocenters. The van der Waals surface area contributed by atoms with E-state index in [4.69, 9.17) is 9.84 Å². The summed E-state index contributed by atoms with van der Waals surface area (Å²) in [6.07, 6.45) is 6.25. The van der Waals surface area contributed by atoms with Gasteiger partial charge in [-0.25, -0.2) is 0 Å². The molecule has 5 nitrogen and oxygen atoms in total. The molecule has 2 rings (SSSR count). The highest BCUT2D eigenvalue weighted by Gasteiger charge is 2.29. The first-order valence-electron chi connectivity index (χ1n) is 7.70. The summed E-state index contributed by atoms with van der Waals surface area (Å²) in [4.78, 5) is 24.8. The molecule has 1 N–H and O–H groups in total. The fourth-order valence-corrected chi connectivity index (χ4v) is 3.20. The van der Waals surface area contributed by atoms with Crippen LogP contribution in [0, 0.1) is 11.8 Å². The van der Waals surface area contributed by atoms with Crippen LogP contribution in [0.5, 0.6) is 0 Å². The molecule has 1 heterocycles. The third-order valence-corrected chi connectivity index (χ3v) is 4.58. The predicted molar refractivity (Wildman–Crippen MR) is 74.3 cm³/mol. The molecule has 2 fully saturated rings. The molecule has 1 saturated carbocycles. The summed E-state index contributed by atoms with van der Waals surface area (Å²) in [7, 11) is 0. The fourth-order valence-electron chi connectivity index (χ4n) is 3.20. The fraction of sp³-hybridized carbons (Fsp3) is 0.867. The molecule has 1 amide bonds. The largest absolute Gasteiger partial charge is 0.481 e. The Bertz CT molecular complexity index is 358. The number of aliphatic carboxylic acids is 1. The Labute approximate surface area is 120 Å². The Kier molecular flexibility index (Phi) is 5.40. The first kappa shape index (κ1) is 15.3. The Morgan fingerprint density at radius 3 is 2.65 bits per heavy atom. The molecule has 5 heteroatoms. The average molecular weight is 283 g/mol. The van der Waals surface area contributed by atoms with Crippen molar-refractivity contribution in [1.82, 2.24) is 4.90 Å². The maximum absolute atomic E-state index is 12.1. The standard InChI is InChI=1S/C15H25NO4/c1-11-5-2-3-7-13(11)20-10-14(17)16-8-4-6-12(9-16)15(18)19/h11-13H,2-10H2,1H3,(H,18,19)/t11-,12+,13-/m1/s1. The zero-order valence-corrected chi connectivity index (χ0v) is 12.2. The highest BCUT2D eigenvalue weighted by molar-refractivity contribution is 5.79. The van der Waals surface area contributed by atoms with Crippen LogP contribution in [0.25, 0.3) is 0 Å². The number of hydrogen-bond acceptors (Lipinski definition) is 3. The molecule has 2 aliphatic rings. The summed E-state index contributed by atoms with van der Waals surface area (Å²) in [5.74, 6) is -0.760. The molecule has 0 aromatic rings. The van der Waals surface area contributed by atoms with E-state index >= 15 is 0 Å². The van der Waals surface area contributed by atoms with Gasteiger partial charge in [-0.15, -0.1) is 0 Å². The molecule has 1 aliphatic heterocycles. The number of ether oxygens (including phenoxy) is 1. The second-order valence-electron chi connectivity index (χ2n) is 6.13. The lowest BCUT2D eigenvalue weighted by molar-refractivity contribution is -0.148. The number of likely N-dealkylation sites (tertiary alicyclic amines) is 1. The van der Waals surface area contributed by atoms with Gasteiger partial charge in [-0.3, -0.25) is 9.59 Å². The van der Waals surface area contributed by atoms with E-state index in [-0.39, 0.29) is 18.6 Å². The van der Waals surface area contributed by atoms with Crippen molar-refractivity contribution in [2.24, 2.45) is 11.8 Å². The Morgan fingerprint density at radius 2 is 1.95 bits per heavy atom. The number of carboxylic acid groups (broad SMARTS) is 1. The first-order valence-corrected chi connectivity index (χ1v) is 7.70. The van der Waals surface area contributed by atoms with Gasteiger partial charge < -0.3 is 14.7 Å². The van der Waals surface area contributed by atoms with E-state index in [1.165, 1.54) is 19.3 Å². The molecule has 1 aliphatic carbocycles. The summed E-state index contributed by atoms with van der Waals surface area (Å²) >= 11 is 0. The number of carbonyl (C=O) groups is 2. The molecule has 114 valence electrons. The molecule has 0 unspecified atom stereocenters. The van der Waals surface area contributed by atoms with Crippen LogP contribution in [-0.2, 0) is 14.3 Å². The summed E-state index contributed by atoms with van der Waals surface area (Å²) in [6.45, 7) is 3.26. The van der Waals surface area contributed by atoms with Gasteiger partial charge in [0.25, 0.3) is 0 Å². The predicted octanol–water partition coefficient (Wildman–Crippen LogP) is 1.90. The number of carbonyl (C=O) groups excluding carboxylic acids is 1. The number of nitrogens with zero attached hydrogens (tertiary/aromatic N) is 1. The first-order chi connectivity index (χ1) is 9.58. The number of hydrogen-bond donors (Lipinski definition) is 1. The van der Waals surface area contributed by atoms with Crippen LogP contribution in [0.3, 0.4) is 0 Å². The van der Waals surface area contributed by atoms with Crippen molar-refractivity contribution in [1.29, 1.82) is 0 Å². The van der Waals surface area contributed by atoms with E-state index in [0.717, 1.165) is 12.8 Å². The van der Waals surface area contributed by atoms with Crippen LogP contribution in [0.4, 0.5) is 0 Å². The lowest BCUT2D eigenvalue weighted by Gasteiger charge is -2.32. The minimum atomic E-state index is -0.802. The molecular weight excluding hydrogens is 258 g/mol. The summed E-state index contributed by atoms with van der Waals surface area (Å²) in [5.41, 5.74) is 0. The zero-order chi connectivity index (χ0) is 14.5. The molecule has 20 heavy (non-hydrogen) atoms. The third kappa shape index (κ3) is 3.95. The summed E-state index contributed by atoms with van der Waals surface area (Å²) < 4.78 is 5.77. The smallest absolute Gasteiger partial charge is 0.308 e. The maximum atomic E-state index is 12.1. The van der Waals surface area contributed by atoms with Crippen molar-refractivity contribution < 1.29 is 19.4 Å². The number of rotatable bonds is 4. The van der Waals surface area contributed by atoms with Crippen LogP contribution >= 0.6 is 0 Å². The Morgan fingerprint density at radius 1 is 1.20 bits per heavy atom. The van der Waals surface area contributed by atoms with Gasteiger partial charge in [0.1, 0.15) is 6.61 Å². The van der Waals surface area contributed by atoms with E-state index in [2.05, 4.69) is 6.92 Å². The van der Waals surface area contributed by atoms with Gasteiger partial charge in [-0.2, -0.15) is 0 Å². The Hall–Kier alpha value is -1.10. The van der Waals surface area contributed by atoms with Crippen molar-refractivity contribution in [2.75, 3.05) is 19.7 Å². The zero-order valence-electron chi connectivity index (χ0n) is 12.2. The minimum absolute atomic E-state index is 0.0614. The van der Waals surface area contributed by atoms with Gasteiger partial charge in [-0.05, 0) is 31.6 Å². The van der Waals surface area contributed by atoms with Crippen LogP contribution in [-0.4, -0.2) is 47.7 Å². The third-order valence-electron chi connectivity index (χ3n) is 4.58. The van der Waals surface area contributed by atoms with E-state index in [0.29, 0.717) is 25.4 Å². The topological polar surface area (TPSA) is 66.8 Å². The normalized spacial score (nSPS) is 31.1. The van der Waals surface area contributed by atoms with Gasteiger partial charge in [0.05, 0.1) is 12.0 Å². The van der Waals surface area contributed by atoms with E-state index in [1.54, 1.807) is 4.90 Å². The highest BCUT2D eigenvalue weighted by Crippen LogP contribution is 2.26. The van der Waals surface area contributed by atoms with Crippen molar-refractivity contribution in [3.8, 4) is 0 Å². The molecule has 0 spiro atoms. The average Bonchev–Trinajstić information content (AvgIpc) is 2.46. The van der Waals surface area contributed by atoms with Gasteiger partial charge >= 0.3 is 5.97 Å². The van der Waals surface area contributed by atoms with Crippen molar-refractivity contribution in [3.05, 3.63) is 0 Å². The van der Waals surface area contributed by atoms with Gasteiger partial charge in [0.15, 0.2) is 0 Å². The van der Waals surface area contributed by atoms with Gasteiger partial charge in [0.2, 0.25) is 5.91 Å². The van der Waals surface area contributed by atoms with Crippen molar-refractivity contribution in [3.63, 3.8) is 0 Å². The summed E-state index contributed by atoms with van der Waals surface area (Å²) in [5, 5.41) is 9.04. The van der Waals surface area contributed by atoms with Gasteiger partial charge in [-0.1, -0.05) is 19.8 Å². The number of amides is 1. The maximum Gasteiger partial charge on any atom is 0.308 e. The van der Waals surface area contributed by atoms with Crippen LogP contribution in [0.2, 0.25) is 0 Å². The van der Waals surface area contributed by atoms with Crippen LogP contribution in [0.15, 0.2) is 0 Å².